The number of ether oxygens (including phenoxy) is 1. The molecule has 0 radical (unpaired) electrons. The summed E-state index contributed by atoms with van der Waals surface area (Å²) in [5.41, 5.74) is 2.51. The second kappa shape index (κ2) is 8.91. The number of para-hydroxylation sites is 1. The SMILES string of the molecule is COc1ccc(/C(O)=C2\C(=O)C(=O)N(c3cccc(Cl)c3)C2c2cn(C)c3ccccc23)cc1Br. The van der Waals surface area contributed by atoms with Gasteiger partial charge < -0.3 is 14.4 Å². The molecule has 1 aromatic heterocycles. The van der Waals surface area contributed by atoms with Gasteiger partial charge in [-0.05, 0) is 58.4 Å². The van der Waals surface area contributed by atoms with E-state index in [9.17, 15) is 14.7 Å². The van der Waals surface area contributed by atoms with Gasteiger partial charge in [-0.15, -0.1) is 0 Å². The maximum absolute atomic E-state index is 13.4. The lowest BCUT2D eigenvalue weighted by molar-refractivity contribution is -0.132. The summed E-state index contributed by atoms with van der Waals surface area (Å²) >= 11 is 9.66. The van der Waals surface area contributed by atoms with Gasteiger partial charge in [0.2, 0.25) is 0 Å². The number of benzene rings is 3. The van der Waals surface area contributed by atoms with Crippen molar-refractivity contribution in [2.45, 2.75) is 6.04 Å². The summed E-state index contributed by atoms with van der Waals surface area (Å²) < 4.78 is 7.83. The smallest absolute Gasteiger partial charge is 0.300 e. The van der Waals surface area contributed by atoms with Gasteiger partial charge in [0.15, 0.2) is 0 Å². The van der Waals surface area contributed by atoms with Crippen molar-refractivity contribution in [3.8, 4) is 5.75 Å². The van der Waals surface area contributed by atoms with E-state index in [0.29, 0.717) is 26.5 Å². The molecular weight excluding hydrogens is 532 g/mol. The molecule has 3 aromatic carbocycles. The van der Waals surface area contributed by atoms with Crippen LogP contribution in [0, 0.1) is 0 Å². The highest BCUT2D eigenvalue weighted by molar-refractivity contribution is 9.10. The van der Waals surface area contributed by atoms with Gasteiger partial charge in [0, 0.05) is 46.0 Å². The lowest BCUT2D eigenvalue weighted by atomic mass is 9.94. The minimum Gasteiger partial charge on any atom is -0.507 e. The van der Waals surface area contributed by atoms with Crippen LogP contribution in [0.25, 0.3) is 16.7 Å². The minimum atomic E-state index is -0.861. The first-order chi connectivity index (χ1) is 16.8. The van der Waals surface area contributed by atoms with Crippen molar-refractivity contribution < 1.29 is 19.4 Å². The number of carbonyl (C=O) groups excluding carboxylic acids is 2. The molecule has 1 aliphatic rings. The summed E-state index contributed by atoms with van der Waals surface area (Å²) in [5, 5.41) is 12.7. The normalized spacial score (nSPS) is 17.4. The molecule has 5 rings (SSSR count). The predicted molar refractivity (Wildman–Crippen MR) is 140 cm³/mol. The number of aliphatic hydroxyl groups is 1. The molecule has 0 saturated carbocycles. The lowest BCUT2D eigenvalue weighted by Gasteiger charge is -2.25. The van der Waals surface area contributed by atoms with Gasteiger partial charge in [-0.3, -0.25) is 14.5 Å². The van der Waals surface area contributed by atoms with Gasteiger partial charge in [0.25, 0.3) is 11.7 Å². The number of Topliss-reactive ketones (excluding diaryl/α,β-unsaturated/α-hetero) is 1. The molecule has 1 fully saturated rings. The molecule has 35 heavy (non-hydrogen) atoms. The molecule has 0 bridgehead atoms. The third-order valence-electron chi connectivity index (χ3n) is 6.18. The van der Waals surface area contributed by atoms with Crippen LogP contribution in [0.1, 0.15) is 17.2 Å². The summed E-state index contributed by atoms with van der Waals surface area (Å²) in [7, 11) is 3.44. The average Bonchev–Trinajstić information content (AvgIpc) is 3.32. The first kappa shape index (κ1) is 23.2. The van der Waals surface area contributed by atoms with Crippen molar-refractivity contribution in [1.29, 1.82) is 0 Å². The van der Waals surface area contributed by atoms with E-state index in [2.05, 4.69) is 15.9 Å². The first-order valence-electron chi connectivity index (χ1n) is 10.8. The Labute approximate surface area is 215 Å². The molecule has 8 heteroatoms. The standard InChI is InChI=1S/C27H20BrClN2O4/c1-30-14-19(18-8-3-4-9-21(18)30)24-23(25(32)15-10-11-22(35-2)20(28)12-15)26(33)27(34)31(24)17-7-5-6-16(29)13-17/h3-14,24,32H,1-2H3/b25-23+. The number of ketones is 1. The van der Waals surface area contributed by atoms with Crippen LogP contribution in [0.15, 0.2) is 83.0 Å². The largest absolute Gasteiger partial charge is 0.507 e. The zero-order chi connectivity index (χ0) is 24.9. The Bertz CT molecular complexity index is 1540. The van der Waals surface area contributed by atoms with Gasteiger partial charge in [-0.25, -0.2) is 0 Å². The molecule has 176 valence electrons. The topological polar surface area (TPSA) is 71.8 Å². The Kier molecular flexibility index (Phi) is 5.91. The van der Waals surface area contributed by atoms with Crippen molar-refractivity contribution in [3.05, 3.63) is 99.1 Å². The highest BCUT2D eigenvalue weighted by atomic mass is 79.9. The molecule has 1 N–H and O–H groups in total. The summed E-state index contributed by atoms with van der Waals surface area (Å²) in [6.45, 7) is 0. The third kappa shape index (κ3) is 3.81. The maximum Gasteiger partial charge on any atom is 0.300 e. The van der Waals surface area contributed by atoms with Gasteiger partial charge in [0.05, 0.1) is 23.2 Å². The Hall–Kier alpha value is -3.55. The van der Waals surface area contributed by atoms with E-state index in [-0.39, 0.29) is 11.3 Å². The van der Waals surface area contributed by atoms with E-state index < -0.39 is 17.7 Å². The molecule has 1 saturated heterocycles. The number of halogens is 2. The van der Waals surface area contributed by atoms with Crippen LogP contribution in [0.3, 0.4) is 0 Å². The minimum absolute atomic E-state index is 0.00314. The van der Waals surface area contributed by atoms with Crippen LogP contribution < -0.4 is 9.64 Å². The molecule has 1 amide bonds. The lowest BCUT2D eigenvalue weighted by Crippen LogP contribution is -2.29. The zero-order valence-electron chi connectivity index (χ0n) is 18.8. The van der Waals surface area contributed by atoms with E-state index in [1.807, 2.05) is 42.1 Å². The number of hydrogen-bond donors (Lipinski definition) is 1. The third-order valence-corrected chi connectivity index (χ3v) is 7.03. The van der Waals surface area contributed by atoms with E-state index >= 15 is 0 Å². The van der Waals surface area contributed by atoms with Crippen molar-refractivity contribution in [1.82, 2.24) is 4.57 Å². The van der Waals surface area contributed by atoms with E-state index in [1.165, 1.54) is 12.0 Å². The number of rotatable bonds is 4. The zero-order valence-corrected chi connectivity index (χ0v) is 21.2. The number of fused-ring (bicyclic) bond motifs is 1. The molecule has 2 heterocycles. The Morgan fingerprint density at radius 3 is 2.54 bits per heavy atom. The highest BCUT2D eigenvalue weighted by Crippen LogP contribution is 2.45. The number of carbonyl (C=O) groups is 2. The van der Waals surface area contributed by atoms with Crippen molar-refractivity contribution >= 4 is 61.6 Å². The van der Waals surface area contributed by atoms with Gasteiger partial charge >= 0.3 is 0 Å². The predicted octanol–water partition coefficient (Wildman–Crippen LogP) is 6.23. The fraction of sp³-hybridized carbons (Fsp3) is 0.111. The average molecular weight is 552 g/mol. The monoisotopic (exact) mass is 550 g/mol. The quantitative estimate of drug-likeness (QED) is 0.185. The van der Waals surface area contributed by atoms with Crippen LogP contribution in [-0.2, 0) is 16.6 Å². The number of aliphatic hydroxyl groups excluding tert-OH is 1. The van der Waals surface area contributed by atoms with Crippen molar-refractivity contribution in [2.24, 2.45) is 7.05 Å². The summed E-state index contributed by atoms with van der Waals surface area (Å²) in [6.07, 6.45) is 1.88. The summed E-state index contributed by atoms with van der Waals surface area (Å²) in [6, 6.07) is 18.6. The molecule has 6 nitrogen and oxygen atoms in total. The van der Waals surface area contributed by atoms with Gasteiger partial charge in [-0.1, -0.05) is 35.9 Å². The number of nitrogens with zero attached hydrogens (tertiary/aromatic N) is 2. The molecular formula is C27H20BrClN2O4. The fourth-order valence-electron chi connectivity index (χ4n) is 4.58. The fourth-order valence-corrected chi connectivity index (χ4v) is 5.30. The van der Waals surface area contributed by atoms with E-state index in [4.69, 9.17) is 16.3 Å². The van der Waals surface area contributed by atoms with Crippen LogP contribution in [0.2, 0.25) is 5.02 Å². The van der Waals surface area contributed by atoms with Crippen LogP contribution >= 0.6 is 27.5 Å². The van der Waals surface area contributed by atoms with Crippen LogP contribution in [-0.4, -0.2) is 28.5 Å². The number of aryl methyl sites for hydroxylation is 1. The highest BCUT2D eigenvalue weighted by Gasteiger charge is 2.48. The molecule has 0 spiro atoms. The Balaban J connectivity index is 1.80. The van der Waals surface area contributed by atoms with Gasteiger partial charge in [-0.2, -0.15) is 0 Å². The maximum atomic E-state index is 13.4. The van der Waals surface area contributed by atoms with Crippen LogP contribution in [0.5, 0.6) is 5.75 Å². The van der Waals surface area contributed by atoms with E-state index in [1.54, 1.807) is 42.5 Å². The number of methoxy groups -OCH3 is 1. The Morgan fingerprint density at radius 2 is 1.83 bits per heavy atom. The molecule has 1 aliphatic heterocycles. The number of anilines is 1. The number of aromatic nitrogens is 1. The van der Waals surface area contributed by atoms with Crippen molar-refractivity contribution in [3.63, 3.8) is 0 Å². The summed E-state index contributed by atoms with van der Waals surface area (Å²) in [5.74, 6) is -1.20. The second-order valence-corrected chi connectivity index (χ2v) is 9.50. The van der Waals surface area contributed by atoms with Gasteiger partial charge in [0.1, 0.15) is 11.5 Å². The Morgan fingerprint density at radius 1 is 1.06 bits per heavy atom. The first-order valence-corrected chi connectivity index (χ1v) is 11.9. The van der Waals surface area contributed by atoms with E-state index in [0.717, 1.165) is 16.5 Å². The molecule has 4 aromatic rings. The molecule has 0 aliphatic carbocycles. The van der Waals surface area contributed by atoms with Crippen LogP contribution in [0.4, 0.5) is 5.69 Å². The van der Waals surface area contributed by atoms with Crippen molar-refractivity contribution in [2.75, 3.05) is 12.0 Å². The molecule has 1 atom stereocenters. The summed E-state index contributed by atoms with van der Waals surface area (Å²) in [4.78, 5) is 28.3. The number of hydrogen-bond acceptors (Lipinski definition) is 4. The number of amides is 1. The second-order valence-electron chi connectivity index (χ2n) is 8.21. The molecule has 1 unspecified atom stereocenters.